The van der Waals surface area contributed by atoms with Crippen molar-refractivity contribution in [2.24, 2.45) is 0 Å². The Morgan fingerprint density at radius 2 is 1.90 bits per heavy atom. The SMILES string of the molecule is CCCNCc1cc(Cl)ccc1Oc1ccc(C)cc1Br. The van der Waals surface area contributed by atoms with Crippen molar-refractivity contribution in [2.45, 2.75) is 26.8 Å². The van der Waals surface area contributed by atoms with Crippen LogP contribution in [0.4, 0.5) is 0 Å². The molecule has 0 aliphatic carbocycles. The van der Waals surface area contributed by atoms with E-state index in [2.05, 4.69) is 35.1 Å². The van der Waals surface area contributed by atoms with Crippen LogP contribution in [0, 0.1) is 6.92 Å². The maximum atomic E-state index is 6.09. The fourth-order valence-electron chi connectivity index (χ4n) is 1.99. The van der Waals surface area contributed by atoms with E-state index in [0.29, 0.717) is 0 Å². The molecule has 0 fully saturated rings. The summed E-state index contributed by atoms with van der Waals surface area (Å²) in [5, 5.41) is 4.10. The van der Waals surface area contributed by atoms with Crippen molar-refractivity contribution in [3.05, 3.63) is 57.0 Å². The molecular weight excluding hydrogens is 350 g/mol. The lowest BCUT2D eigenvalue weighted by molar-refractivity contribution is 0.469. The van der Waals surface area contributed by atoms with Crippen molar-refractivity contribution >= 4 is 27.5 Å². The Morgan fingerprint density at radius 1 is 1.14 bits per heavy atom. The molecule has 0 radical (unpaired) electrons. The van der Waals surface area contributed by atoms with Crippen molar-refractivity contribution in [2.75, 3.05) is 6.54 Å². The second-order valence-electron chi connectivity index (χ2n) is 4.96. The Labute approximate surface area is 139 Å². The van der Waals surface area contributed by atoms with Gasteiger partial charge < -0.3 is 10.1 Å². The van der Waals surface area contributed by atoms with Gasteiger partial charge in [0.1, 0.15) is 11.5 Å². The number of hydrogen-bond acceptors (Lipinski definition) is 2. The van der Waals surface area contributed by atoms with Gasteiger partial charge >= 0.3 is 0 Å². The number of ether oxygens (including phenoxy) is 1. The molecule has 2 aromatic carbocycles. The molecule has 0 bridgehead atoms. The third-order valence-electron chi connectivity index (χ3n) is 3.07. The van der Waals surface area contributed by atoms with Gasteiger partial charge in [-0.2, -0.15) is 0 Å². The van der Waals surface area contributed by atoms with E-state index in [1.165, 1.54) is 5.56 Å². The number of aryl methyl sites for hydroxylation is 1. The van der Waals surface area contributed by atoms with E-state index in [0.717, 1.165) is 46.1 Å². The molecule has 21 heavy (non-hydrogen) atoms. The van der Waals surface area contributed by atoms with E-state index >= 15 is 0 Å². The average molecular weight is 369 g/mol. The molecule has 0 aliphatic rings. The molecule has 0 atom stereocenters. The molecule has 0 amide bonds. The zero-order chi connectivity index (χ0) is 15.2. The molecule has 0 spiro atoms. The summed E-state index contributed by atoms with van der Waals surface area (Å²) in [5.74, 6) is 1.63. The van der Waals surface area contributed by atoms with Crippen LogP contribution in [-0.4, -0.2) is 6.54 Å². The lowest BCUT2D eigenvalue weighted by atomic mass is 10.2. The van der Waals surface area contributed by atoms with Gasteiger partial charge in [0.15, 0.2) is 0 Å². The third kappa shape index (κ3) is 4.73. The monoisotopic (exact) mass is 367 g/mol. The van der Waals surface area contributed by atoms with Crippen LogP contribution in [0.3, 0.4) is 0 Å². The summed E-state index contributed by atoms with van der Waals surface area (Å²) in [6.45, 7) is 5.91. The Morgan fingerprint density at radius 3 is 2.62 bits per heavy atom. The highest BCUT2D eigenvalue weighted by molar-refractivity contribution is 9.10. The first-order valence-electron chi connectivity index (χ1n) is 7.03. The van der Waals surface area contributed by atoms with Gasteiger partial charge in [-0.1, -0.05) is 24.6 Å². The van der Waals surface area contributed by atoms with Gasteiger partial charge in [0.2, 0.25) is 0 Å². The van der Waals surface area contributed by atoms with Gasteiger partial charge in [0.05, 0.1) is 4.47 Å². The molecule has 1 N–H and O–H groups in total. The molecule has 2 rings (SSSR count). The van der Waals surface area contributed by atoms with Crippen LogP contribution < -0.4 is 10.1 Å². The van der Waals surface area contributed by atoms with Gasteiger partial charge in [0, 0.05) is 17.1 Å². The normalized spacial score (nSPS) is 10.7. The van der Waals surface area contributed by atoms with Crippen LogP contribution >= 0.6 is 27.5 Å². The molecule has 0 unspecified atom stereocenters. The molecule has 0 heterocycles. The highest BCUT2D eigenvalue weighted by Gasteiger charge is 2.08. The summed E-state index contributed by atoms with van der Waals surface area (Å²) in [6.07, 6.45) is 1.10. The van der Waals surface area contributed by atoms with Gasteiger partial charge in [-0.05, 0) is 71.7 Å². The van der Waals surface area contributed by atoms with E-state index in [1.807, 2.05) is 36.4 Å². The van der Waals surface area contributed by atoms with Gasteiger partial charge in [-0.25, -0.2) is 0 Å². The van der Waals surface area contributed by atoms with Gasteiger partial charge in [-0.15, -0.1) is 0 Å². The maximum Gasteiger partial charge on any atom is 0.141 e. The van der Waals surface area contributed by atoms with Crippen LogP contribution in [0.2, 0.25) is 5.02 Å². The van der Waals surface area contributed by atoms with Crippen LogP contribution in [0.1, 0.15) is 24.5 Å². The number of hydrogen-bond donors (Lipinski definition) is 1. The average Bonchev–Trinajstić information content (AvgIpc) is 2.44. The first-order chi connectivity index (χ1) is 10.1. The summed E-state index contributed by atoms with van der Waals surface area (Å²) in [6, 6.07) is 11.8. The van der Waals surface area contributed by atoms with Crippen LogP contribution in [0.15, 0.2) is 40.9 Å². The molecule has 4 heteroatoms. The maximum absolute atomic E-state index is 6.09. The zero-order valence-electron chi connectivity index (χ0n) is 12.2. The molecule has 0 aliphatic heterocycles. The number of nitrogens with one attached hydrogen (secondary N) is 1. The summed E-state index contributed by atoms with van der Waals surface area (Å²) < 4.78 is 6.98. The highest BCUT2D eigenvalue weighted by Crippen LogP contribution is 2.33. The molecular formula is C17H19BrClNO. The topological polar surface area (TPSA) is 21.3 Å². The fourth-order valence-corrected chi connectivity index (χ4v) is 2.76. The van der Waals surface area contributed by atoms with Gasteiger partial charge in [0.25, 0.3) is 0 Å². The molecule has 112 valence electrons. The largest absolute Gasteiger partial charge is 0.456 e. The van der Waals surface area contributed by atoms with Crippen molar-refractivity contribution in [3.63, 3.8) is 0 Å². The second kappa shape index (κ2) is 7.83. The predicted octanol–water partition coefficient (Wildman–Crippen LogP) is 5.70. The Balaban J connectivity index is 2.22. The second-order valence-corrected chi connectivity index (χ2v) is 6.26. The van der Waals surface area contributed by atoms with E-state index in [1.54, 1.807) is 0 Å². The molecule has 0 saturated carbocycles. The van der Waals surface area contributed by atoms with Crippen LogP contribution in [-0.2, 0) is 6.54 Å². The summed E-state index contributed by atoms with van der Waals surface area (Å²) in [5.41, 5.74) is 2.25. The summed E-state index contributed by atoms with van der Waals surface area (Å²) >= 11 is 9.63. The minimum atomic E-state index is 0.721. The number of benzene rings is 2. The Hall–Kier alpha value is -1.03. The first kappa shape index (κ1) is 16.3. The lowest BCUT2D eigenvalue weighted by Crippen LogP contribution is -2.14. The minimum absolute atomic E-state index is 0.721. The number of halogens is 2. The fraction of sp³-hybridized carbons (Fsp3) is 0.294. The van der Waals surface area contributed by atoms with Crippen LogP contribution in [0.5, 0.6) is 11.5 Å². The number of rotatable bonds is 6. The van der Waals surface area contributed by atoms with Crippen molar-refractivity contribution in [3.8, 4) is 11.5 Å². The first-order valence-corrected chi connectivity index (χ1v) is 8.20. The molecule has 0 saturated heterocycles. The van der Waals surface area contributed by atoms with Gasteiger partial charge in [-0.3, -0.25) is 0 Å². The Kier molecular flexibility index (Phi) is 6.09. The van der Waals surface area contributed by atoms with E-state index in [9.17, 15) is 0 Å². The molecule has 2 nitrogen and oxygen atoms in total. The van der Waals surface area contributed by atoms with Crippen molar-refractivity contribution in [1.29, 1.82) is 0 Å². The van der Waals surface area contributed by atoms with E-state index in [4.69, 9.17) is 16.3 Å². The lowest BCUT2D eigenvalue weighted by Gasteiger charge is -2.13. The smallest absolute Gasteiger partial charge is 0.141 e. The summed E-state index contributed by atoms with van der Waals surface area (Å²) in [7, 11) is 0. The third-order valence-corrected chi connectivity index (χ3v) is 3.93. The molecule has 0 aromatic heterocycles. The predicted molar refractivity (Wildman–Crippen MR) is 92.4 cm³/mol. The molecule has 2 aromatic rings. The standard InChI is InChI=1S/C17H19BrClNO/c1-3-8-20-11-13-10-14(19)5-7-16(13)21-17-6-4-12(2)9-15(17)18/h4-7,9-10,20H,3,8,11H2,1-2H3. The quantitative estimate of drug-likeness (QED) is 0.660. The van der Waals surface area contributed by atoms with Crippen LogP contribution in [0.25, 0.3) is 0 Å². The zero-order valence-corrected chi connectivity index (χ0v) is 14.6. The highest BCUT2D eigenvalue weighted by atomic mass is 79.9. The van der Waals surface area contributed by atoms with E-state index in [-0.39, 0.29) is 0 Å². The van der Waals surface area contributed by atoms with Crippen molar-refractivity contribution in [1.82, 2.24) is 5.32 Å². The van der Waals surface area contributed by atoms with E-state index < -0.39 is 0 Å². The minimum Gasteiger partial charge on any atom is -0.456 e. The summed E-state index contributed by atoms with van der Waals surface area (Å²) in [4.78, 5) is 0. The Bertz CT molecular complexity index is 616. The van der Waals surface area contributed by atoms with Crippen molar-refractivity contribution < 1.29 is 4.74 Å².